The van der Waals surface area contributed by atoms with Crippen LogP contribution in [-0.2, 0) is 16.0 Å². The van der Waals surface area contributed by atoms with Crippen molar-refractivity contribution in [1.82, 2.24) is 15.1 Å². The number of carbonyl (C=O) groups is 3. The van der Waals surface area contributed by atoms with Crippen LogP contribution in [0.25, 0.3) is 0 Å². The van der Waals surface area contributed by atoms with Crippen molar-refractivity contribution in [2.45, 2.75) is 51.5 Å². The summed E-state index contributed by atoms with van der Waals surface area (Å²) in [5, 5.41) is 2.92. The van der Waals surface area contributed by atoms with Crippen LogP contribution >= 0.6 is 0 Å². The first-order valence-electron chi connectivity index (χ1n) is 11.2. The van der Waals surface area contributed by atoms with Gasteiger partial charge in [0.25, 0.3) is 5.91 Å². The molecule has 1 aromatic rings. The number of anilines is 1. The number of hydrogen-bond donors (Lipinski definition) is 1. The molecule has 4 rings (SSSR count). The lowest BCUT2D eigenvalue weighted by molar-refractivity contribution is -0.140. The maximum absolute atomic E-state index is 13.1. The Bertz CT molecular complexity index is 816. The largest absolute Gasteiger partial charge is 0.368 e. The van der Waals surface area contributed by atoms with Gasteiger partial charge in [-0.15, -0.1) is 0 Å². The number of hydrogen-bond acceptors (Lipinski definition) is 4. The smallest absolute Gasteiger partial charge is 0.325 e. The van der Waals surface area contributed by atoms with Crippen molar-refractivity contribution >= 4 is 23.5 Å². The van der Waals surface area contributed by atoms with Gasteiger partial charge in [-0.2, -0.15) is 0 Å². The number of nitrogens with one attached hydrogen (secondary N) is 1. The molecule has 162 valence electrons. The fraction of sp³-hybridized carbons (Fsp3) is 0.609. The lowest BCUT2D eigenvalue weighted by Gasteiger charge is -2.37. The minimum absolute atomic E-state index is 0.102. The zero-order valence-corrected chi connectivity index (χ0v) is 18.0. The number of aryl methyl sites for hydroxylation is 1. The summed E-state index contributed by atoms with van der Waals surface area (Å²) in [6, 6.07) is 8.14. The Morgan fingerprint density at radius 2 is 1.80 bits per heavy atom. The molecule has 4 amide bonds. The molecule has 2 heterocycles. The van der Waals surface area contributed by atoms with Crippen molar-refractivity contribution in [3.05, 3.63) is 29.8 Å². The molecule has 30 heavy (non-hydrogen) atoms. The average molecular weight is 413 g/mol. The maximum Gasteiger partial charge on any atom is 0.325 e. The first kappa shape index (κ1) is 20.7. The molecule has 7 nitrogen and oxygen atoms in total. The highest BCUT2D eigenvalue weighted by Gasteiger charge is 2.55. The van der Waals surface area contributed by atoms with Gasteiger partial charge in [-0.3, -0.25) is 14.5 Å². The monoisotopic (exact) mass is 412 g/mol. The molecule has 1 aromatic carbocycles. The summed E-state index contributed by atoms with van der Waals surface area (Å²) in [6.07, 6.45) is 4.62. The van der Waals surface area contributed by atoms with Crippen molar-refractivity contribution in [3.8, 4) is 0 Å². The molecular weight excluding hydrogens is 380 g/mol. The number of piperazine rings is 1. The summed E-state index contributed by atoms with van der Waals surface area (Å²) in [6.45, 7) is 6.69. The Morgan fingerprint density at radius 1 is 1.10 bits per heavy atom. The molecular formula is C23H32N4O3. The molecule has 1 spiro atoms. The van der Waals surface area contributed by atoms with Crippen LogP contribution in [0.5, 0.6) is 0 Å². The standard InChI is InChI=1S/C23H32N4O3/c1-3-18-7-9-19(10-8-18)25-12-14-26(15-13-25)20(28)16-27-21(29)23(24-22(27)30)11-5-4-6-17(23)2/h7-10,17H,3-6,11-16H2,1-2H3,(H,24,30)/t17-,23-/m0/s1. The molecule has 1 aliphatic carbocycles. The normalized spacial score (nSPS) is 27.0. The van der Waals surface area contributed by atoms with E-state index in [0.29, 0.717) is 19.5 Å². The summed E-state index contributed by atoms with van der Waals surface area (Å²) >= 11 is 0. The molecule has 7 heteroatoms. The predicted octanol–water partition coefficient (Wildman–Crippen LogP) is 2.40. The Morgan fingerprint density at radius 3 is 2.43 bits per heavy atom. The van der Waals surface area contributed by atoms with E-state index in [1.807, 2.05) is 6.92 Å². The van der Waals surface area contributed by atoms with Crippen LogP contribution in [0.3, 0.4) is 0 Å². The van der Waals surface area contributed by atoms with E-state index in [4.69, 9.17) is 0 Å². The van der Waals surface area contributed by atoms with E-state index in [2.05, 4.69) is 41.4 Å². The van der Waals surface area contributed by atoms with Gasteiger partial charge in [0.2, 0.25) is 5.91 Å². The van der Waals surface area contributed by atoms with E-state index in [9.17, 15) is 14.4 Å². The van der Waals surface area contributed by atoms with E-state index in [-0.39, 0.29) is 24.3 Å². The first-order chi connectivity index (χ1) is 14.4. The van der Waals surface area contributed by atoms with Crippen LogP contribution in [0.4, 0.5) is 10.5 Å². The molecule has 0 bridgehead atoms. The number of benzene rings is 1. The van der Waals surface area contributed by atoms with Crippen LogP contribution < -0.4 is 10.2 Å². The Hall–Kier alpha value is -2.57. The molecule has 2 atom stereocenters. The van der Waals surface area contributed by atoms with Crippen LogP contribution in [0.15, 0.2) is 24.3 Å². The number of imide groups is 1. The number of nitrogens with zero attached hydrogens (tertiary/aromatic N) is 3. The molecule has 1 saturated carbocycles. The van der Waals surface area contributed by atoms with Crippen LogP contribution in [0, 0.1) is 5.92 Å². The van der Waals surface area contributed by atoms with Gasteiger partial charge in [0.05, 0.1) is 0 Å². The lowest BCUT2D eigenvalue weighted by Crippen LogP contribution is -2.55. The van der Waals surface area contributed by atoms with Crippen molar-refractivity contribution in [2.75, 3.05) is 37.6 Å². The summed E-state index contributed by atoms with van der Waals surface area (Å²) in [4.78, 5) is 43.6. The van der Waals surface area contributed by atoms with E-state index in [0.717, 1.165) is 43.7 Å². The minimum atomic E-state index is -0.807. The Kier molecular flexibility index (Phi) is 5.71. The second kappa shape index (κ2) is 8.28. The average Bonchev–Trinajstić information content (AvgIpc) is 3.01. The fourth-order valence-electron chi connectivity index (χ4n) is 5.03. The van der Waals surface area contributed by atoms with Gasteiger partial charge in [-0.1, -0.05) is 38.8 Å². The molecule has 0 radical (unpaired) electrons. The van der Waals surface area contributed by atoms with Crippen LogP contribution in [0.1, 0.15) is 45.1 Å². The zero-order chi connectivity index (χ0) is 21.3. The SMILES string of the molecule is CCc1ccc(N2CCN(C(=O)CN3C(=O)N[C@]4(CCCC[C@@H]4C)C3=O)CC2)cc1. The predicted molar refractivity (Wildman–Crippen MR) is 115 cm³/mol. The van der Waals surface area contributed by atoms with Crippen LogP contribution in [-0.4, -0.2) is 65.9 Å². The van der Waals surface area contributed by atoms with E-state index in [1.165, 1.54) is 11.3 Å². The number of rotatable bonds is 4. The zero-order valence-electron chi connectivity index (χ0n) is 18.0. The molecule has 2 saturated heterocycles. The number of carbonyl (C=O) groups excluding carboxylic acids is 3. The van der Waals surface area contributed by atoms with Crippen molar-refractivity contribution in [2.24, 2.45) is 5.92 Å². The van der Waals surface area contributed by atoms with Gasteiger partial charge >= 0.3 is 6.03 Å². The summed E-state index contributed by atoms with van der Waals surface area (Å²) < 4.78 is 0. The molecule has 3 aliphatic rings. The molecule has 0 unspecified atom stereocenters. The highest BCUT2D eigenvalue weighted by molar-refractivity contribution is 6.09. The van der Waals surface area contributed by atoms with E-state index in [1.54, 1.807) is 4.90 Å². The quantitative estimate of drug-likeness (QED) is 0.771. The highest BCUT2D eigenvalue weighted by atomic mass is 16.2. The third-order valence-corrected chi connectivity index (χ3v) is 7.14. The van der Waals surface area contributed by atoms with Crippen molar-refractivity contribution < 1.29 is 14.4 Å². The minimum Gasteiger partial charge on any atom is -0.368 e. The molecule has 0 aromatic heterocycles. The maximum atomic E-state index is 13.1. The summed E-state index contributed by atoms with van der Waals surface area (Å²) in [7, 11) is 0. The first-order valence-corrected chi connectivity index (χ1v) is 11.2. The van der Waals surface area contributed by atoms with E-state index < -0.39 is 11.6 Å². The third kappa shape index (κ3) is 3.66. The van der Waals surface area contributed by atoms with Gasteiger partial charge in [0, 0.05) is 31.9 Å². The number of amides is 4. The summed E-state index contributed by atoms with van der Waals surface area (Å²) in [5.74, 6) is -0.270. The van der Waals surface area contributed by atoms with Crippen molar-refractivity contribution in [1.29, 1.82) is 0 Å². The fourth-order valence-corrected chi connectivity index (χ4v) is 5.03. The highest BCUT2D eigenvalue weighted by Crippen LogP contribution is 2.38. The van der Waals surface area contributed by atoms with Gasteiger partial charge < -0.3 is 15.1 Å². The molecule has 2 aliphatic heterocycles. The summed E-state index contributed by atoms with van der Waals surface area (Å²) in [5.41, 5.74) is 1.67. The topological polar surface area (TPSA) is 73.0 Å². The number of urea groups is 1. The molecule has 1 N–H and O–H groups in total. The lowest BCUT2D eigenvalue weighted by atomic mass is 9.73. The third-order valence-electron chi connectivity index (χ3n) is 7.14. The Labute approximate surface area is 178 Å². The van der Waals surface area contributed by atoms with Crippen LogP contribution in [0.2, 0.25) is 0 Å². The van der Waals surface area contributed by atoms with Gasteiger partial charge in [0.15, 0.2) is 0 Å². The molecule has 3 fully saturated rings. The second-order valence-electron chi connectivity index (χ2n) is 8.83. The van der Waals surface area contributed by atoms with Gasteiger partial charge in [0.1, 0.15) is 12.1 Å². The van der Waals surface area contributed by atoms with Crippen molar-refractivity contribution in [3.63, 3.8) is 0 Å². The Balaban J connectivity index is 1.34. The van der Waals surface area contributed by atoms with E-state index >= 15 is 0 Å². The second-order valence-corrected chi connectivity index (χ2v) is 8.83. The van der Waals surface area contributed by atoms with Gasteiger partial charge in [-0.25, -0.2) is 4.79 Å². The van der Waals surface area contributed by atoms with Gasteiger partial charge in [-0.05, 0) is 42.9 Å².